The Bertz CT molecular complexity index is 629. The lowest BCUT2D eigenvalue weighted by Crippen LogP contribution is -2.35. The molecule has 1 aromatic carbocycles. The van der Waals surface area contributed by atoms with Crippen LogP contribution < -0.4 is 5.73 Å². The molecule has 0 saturated heterocycles. The molecule has 2 aromatic rings. The molecule has 3 nitrogen and oxygen atoms in total. The van der Waals surface area contributed by atoms with E-state index in [0.29, 0.717) is 6.42 Å². The summed E-state index contributed by atoms with van der Waals surface area (Å²) < 4.78 is 0. The first-order chi connectivity index (χ1) is 10.0. The second-order valence-electron chi connectivity index (χ2n) is 5.17. The summed E-state index contributed by atoms with van der Waals surface area (Å²) in [6, 6.07) is 15.9. The van der Waals surface area contributed by atoms with Crippen LogP contribution >= 0.6 is 11.8 Å². The van der Waals surface area contributed by atoms with Gasteiger partial charge >= 0.3 is 0 Å². The van der Waals surface area contributed by atoms with E-state index in [9.17, 15) is 5.26 Å². The number of nitriles is 1. The van der Waals surface area contributed by atoms with Crippen molar-refractivity contribution in [2.24, 2.45) is 5.73 Å². The van der Waals surface area contributed by atoms with Crippen LogP contribution in [0.25, 0.3) is 0 Å². The fourth-order valence-electron chi connectivity index (χ4n) is 2.20. The Balaban J connectivity index is 2.03. The summed E-state index contributed by atoms with van der Waals surface area (Å²) in [6.07, 6.45) is 0.590. The summed E-state index contributed by atoms with van der Waals surface area (Å²) in [5.41, 5.74) is 8.39. The summed E-state index contributed by atoms with van der Waals surface area (Å²) in [7, 11) is 0. The van der Waals surface area contributed by atoms with Gasteiger partial charge in [-0.15, -0.1) is 11.8 Å². The molecule has 2 N–H and O–H groups in total. The van der Waals surface area contributed by atoms with E-state index in [1.807, 2.05) is 37.3 Å². The van der Waals surface area contributed by atoms with Crippen molar-refractivity contribution in [3.05, 3.63) is 59.3 Å². The van der Waals surface area contributed by atoms with Crippen LogP contribution in [0.3, 0.4) is 0 Å². The molecule has 21 heavy (non-hydrogen) atoms. The van der Waals surface area contributed by atoms with Gasteiger partial charge in [0.2, 0.25) is 0 Å². The third kappa shape index (κ3) is 4.07. The number of hydrogen-bond donors (Lipinski definition) is 1. The van der Waals surface area contributed by atoms with Gasteiger partial charge in [-0.3, -0.25) is 0 Å². The second-order valence-corrected chi connectivity index (χ2v) is 6.29. The fraction of sp³-hybridized carbons (Fsp3) is 0.294. The van der Waals surface area contributed by atoms with Gasteiger partial charge in [0.1, 0.15) is 5.54 Å². The van der Waals surface area contributed by atoms with Crippen LogP contribution in [0.4, 0.5) is 0 Å². The maximum atomic E-state index is 9.42. The first-order valence-electron chi connectivity index (χ1n) is 6.87. The summed E-state index contributed by atoms with van der Waals surface area (Å²) in [5.74, 6) is 0.759. The van der Waals surface area contributed by atoms with Crippen LogP contribution in [0.2, 0.25) is 0 Å². The number of aromatic nitrogens is 1. The molecule has 2 rings (SSSR count). The molecule has 0 aliphatic carbocycles. The second kappa shape index (κ2) is 6.75. The highest BCUT2D eigenvalue weighted by Gasteiger charge is 2.26. The average molecular weight is 297 g/mol. The molecule has 1 aromatic heterocycles. The molecule has 0 aliphatic heterocycles. The van der Waals surface area contributed by atoms with Gasteiger partial charge in [0.05, 0.1) is 11.1 Å². The van der Waals surface area contributed by atoms with Crippen LogP contribution in [0, 0.1) is 25.2 Å². The molecular weight excluding hydrogens is 278 g/mol. The van der Waals surface area contributed by atoms with Crippen LogP contribution in [-0.4, -0.2) is 10.7 Å². The van der Waals surface area contributed by atoms with Crippen LogP contribution in [0.1, 0.15) is 23.2 Å². The first-order valence-corrected chi connectivity index (χ1v) is 7.86. The van der Waals surface area contributed by atoms with Gasteiger partial charge < -0.3 is 5.73 Å². The molecule has 0 saturated carbocycles. The van der Waals surface area contributed by atoms with E-state index >= 15 is 0 Å². The predicted molar refractivity (Wildman–Crippen MR) is 87.0 cm³/mol. The minimum absolute atomic E-state index is 0.590. The number of nitrogens with zero attached hydrogens (tertiary/aromatic N) is 2. The normalized spacial score (nSPS) is 13.4. The van der Waals surface area contributed by atoms with Crippen molar-refractivity contribution in [1.82, 2.24) is 4.98 Å². The highest BCUT2D eigenvalue weighted by atomic mass is 32.2. The van der Waals surface area contributed by atoms with E-state index in [1.165, 1.54) is 5.56 Å². The molecule has 1 heterocycles. The maximum absolute atomic E-state index is 9.42. The van der Waals surface area contributed by atoms with Gasteiger partial charge in [-0.05, 0) is 43.5 Å². The quantitative estimate of drug-likeness (QED) is 0.857. The molecule has 108 valence electrons. The van der Waals surface area contributed by atoms with Crippen LogP contribution in [0.5, 0.6) is 0 Å². The predicted octanol–water partition coefficient (Wildman–Crippen LogP) is 3.56. The Morgan fingerprint density at radius 1 is 1.24 bits per heavy atom. The Labute approximate surface area is 130 Å². The highest BCUT2D eigenvalue weighted by Crippen LogP contribution is 2.26. The molecule has 4 heteroatoms. The zero-order valence-corrected chi connectivity index (χ0v) is 13.2. The van der Waals surface area contributed by atoms with Gasteiger partial charge in [0.15, 0.2) is 0 Å². The number of nitrogens with two attached hydrogens (primary N) is 1. The van der Waals surface area contributed by atoms with Gasteiger partial charge in [0, 0.05) is 11.4 Å². The number of hydrogen-bond acceptors (Lipinski definition) is 4. The van der Waals surface area contributed by atoms with E-state index < -0.39 is 5.54 Å². The Morgan fingerprint density at radius 3 is 2.57 bits per heavy atom. The number of pyridine rings is 1. The monoisotopic (exact) mass is 297 g/mol. The van der Waals surface area contributed by atoms with Crippen molar-refractivity contribution < 1.29 is 0 Å². The first kappa shape index (κ1) is 15.6. The minimum atomic E-state index is -0.937. The van der Waals surface area contributed by atoms with Crippen LogP contribution in [0.15, 0.2) is 47.5 Å². The van der Waals surface area contributed by atoms with Crippen molar-refractivity contribution in [1.29, 1.82) is 5.26 Å². The standard InChI is InChI=1S/C17H19N3S/c1-13-10-14(2)20-16(11-13)21-9-8-17(19,12-18)15-6-4-3-5-7-15/h3-7,10-11H,8-9,19H2,1-2H3. The number of thioether (sulfide) groups is 1. The van der Waals surface area contributed by atoms with E-state index in [1.54, 1.807) is 11.8 Å². The van der Waals surface area contributed by atoms with Crippen molar-refractivity contribution >= 4 is 11.8 Å². The van der Waals surface area contributed by atoms with Crippen molar-refractivity contribution in [3.63, 3.8) is 0 Å². The molecule has 0 bridgehead atoms. The fourth-order valence-corrected chi connectivity index (χ4v) is 3.31. The topological polar surface area (TPSA) is 62.7 Å². The molecule has 0 amide bonds. The van der Waals surface area contributed by atoms with Crippen molar-refractivity contribution in [2.45, 2.75) is 30.8 Å². The van der Waals surface area contributed by atoms with Crippen molar-refractivity contribution in [3.8, 4) is 6.07 Å². The molecular formula is C17H19N3S. The molecule has 0 fully saturated rings. The largest absolute Gasteiger partial charge is 0.310 e. The van der Waals surface area contributed by atoms with E-state index in [2.05, 4.69) is 30.1 Å². The third-order valence-corrected chi connectivity index (χ3v) is 4.22. The van der Waals surface area contributed by atoms with Gasteiger partial charge in [-0.25, -0.2) is 4.98 Å². The smallest absolute Gasteiger partial charge is 0.130 e. The molecule has 1 unspecified atom stereocenters. The van der Waals surface area contributed by atoms with E-state index in [4.69, 9.17) is 5.73 Å². The zero-order valence-electron chi connectivity index (χ0n) is 12.3. The van der Waals surface area contributed by atoms with Crippen molar-refractivity contribution in [2.75, 3.05) is 5.75 Å². The molecule has 0 aliphatic rings. The summed E-state index contributed by atoms with van der Waals surface area (Å²) in [6.45, 7) is 4.05. The minimum Gasteiger partial charge on any atom is -0.310 e. The zero-order chi connectivity index (χ0) is 15.3. The number of rotatable bonds is 5. The Kier molecular flexibility index (Phi) is 5.00. The maximum Gasteiger partial charge on any atom is 0.130 e. The molecule has 0 spiro atoms. The number of aryl methyl sites for hydroxylation is 2. The van der Waals surface area contributed by atoms with Gasteiger partial charge in [-0.2, -0.15) is 5.26 Å². The van der Waals surface area contributed by atoms with E-state index in [0.717, 1.165) is 22.0 Å². The average Bonchev–Trinajstić information content (AvgIpc) is 2.47. The van der Waals surface area contributed by atoms with Crippen LogP contribution in [-0.2, 0) is 5.54 Å². The lowest BCUT2D eigenvalue weighted by molar-refractivity contribution is 0.560. The Hall–Kier alpha value is -1.83. The molecule has 0 radical (unpaired) electrons. The highest BCUT2D eigenvalue weighted by molar-refractivity contribution is 7.99. The molecule has 1 atom stereocenters. The summed E-state index contributed by atoms with van der Waals surface area (Å²) >= 11 is 1.64. The summed E-state index contributed by atoms with van der Waals surface area (Å²) in [5, 5.41) is 10.4. The van der Waals surface area contributed by atoms with Gasteiger partial charge in [-0.1, -0.05) is 30.3 Å². The lowest BCUT2D eigenvalue weighted by atomic mass is 9.90. The third-order valence-electron chi connectivity index (χ3n) is 3.31. The van der Waals surface area contributed by atoms with E-state index in [-0.39, 0.29) is 0 Å². The summed E-state index contributed by atoms with van der Waals surface area (Å²) in [4.78, 5) is 4.49. The van der Waals surface area contributed by atoms with Gasteiger partial charge in [0.25, 0.3) is 0 Å². The Morgan fingerprint density at radius 2 is 1.95 bits per heavy atom. The SMILES string of the molecule is Cc1cc(C)nc(SCCC(N)(C#N)c2ccccc2)c1. The number of benzene rings is 1. The lowest BCUT2D eigenvalue weighted by Gasteiger charge is -2.21.